The highest BCUT2D eigenvalue weighted by atomic mass is 32.2. The van der Waals surface area contributed by atoms with Crippen molar-refractivity contribution in [3.8, 4) is 11.8 Å². The van der Waals surface area contributed by atoms with Gasteiger partial charge in [0.25, 0.3) is 0 Å². The fourth-order valence-electron chi connectivity index (χ4n) is 2.07. The lowest BCUT2D eigenvalue weighted by molar-refractivity contribution is -0.130. The van der Waals surface area contributed by atoms with Crippen LogP contribution in [0.25, 0.3) is 0 Å². The molecule has 0 saturated carbocycles. The quantitative estimate of drug-likeness (QED) is 0.763. The van der Waals surface area contributed by atoms with Crippen LogP contribution in [0.1, 0.15) is 12.8 Å². The molecule has 0 N–H and O–H groups in total. The number of hydrogen-bond donors (Lipinski definition) is 0. The maximum atomic E-state index is 12.2. The van der Waals surface area contributed by atoms with E-state index in [1.54, 1.807) is 0 Å². The molecule has 1 saturated heterocycles. The van der Waals surface area contributed by atoms with Crippen LogP contribution in [-0.2, 0) is 10.0 Å². The first-order valence-corrected chi connectivity index (χ1v) is 8.39. The van der Waals surface area contributed by atoms with E-state index in [1.165, 1.54) is 19.2 Å². The molecule has 1 aliphatic rings. The Balaban J connectivity index is 1.89. The molecular formula is C12H16F3N3O4S. The predicted octanol–water partition coefficient (Wildman–Crippen LogP) is 1.22. The summed E-state index contributed by atoms with van der Waals surface area (Å²) in [4.78, 5) is 0. The molecule has 1 aromatic heterocycles. The Hall–Kier alpha value is -1.62. The van der Waals surface area contributed by atoms with Gasteiger partial charge in [-0.2, -0.15) is 17.5 Å². The zero-order valence-electron chi connectivity index (χ0n) is 12.3. The lowest BCUT2D eigenvalue weighted by atomic mass is 10.3. The molecule has 11 heteroatoms. The molecule has 7 nitrogen and oxygen atoms in total. The fourth-order valence-corrected chi connectivity index (χ4v) is 3.60. The number of ether oxygens (including phenoxy) is 2. The van der Waals surface area contributed by atoms with E-state index in [1.807, 2.05) is 0 Å². The second kappa shape index (κ2) is 6.87. The molecule has 1 aliphatic heterocycles. The van der Waals surface area contributed by atoms with E-state index >= 15 is 0 Å². The third-order valence-corrected chi connectivity index (χ3v) is 5.10. The summed E-state index contributed by atoms with van der Waals surface area (Å²) >= 11 is 0. The Kier molecular flexibility index (Phi) is 5.30. The summed E-state index contributed by atoms with van der Waals surface area (Å²) in [5.74, 6) is -0.448. The molecule has 1 aromatic rings. The number of halogens is 3. The van der Waals surface area contributed by atoms with Gasteiger partial charge in [0.15, 0.2) is 0 Å². The number of rotatable bonds is 6. The second-order valence-electron chi connectivity index (χ2n) is 4.98. The average Bonchev–Trinajstić information content (AvgIpc) is 2.95. The van der Waals surface area contributed by atoms with Gasteiger partial charge >= 0.3 is 6.18 Å². The van der Waals surface area contributed by atoms with Gasteiger partial charge < -0.3 is 9.47 Å². The highest BCUT2D eigenvalue weighted by Gasteiger charge is 2.36. The number of methoxy groups -OCH3 is 1. The first kappa shape index (κ1) is 17.7. The van der Waals surface area contributed by atoms with E-state index in [9.17, 15) is 21.6 Å². The van der Waals surface area contributed by atoms with Crippen LogP contribution in [0.5, 0.6) is 11.8 Å². The van der Waals surface area contributed by atoms with Crippen molar-refractivity contribution in [3.05, 3.63) is 12.1 Å². The smallest absolute Gasteiger partial charge is 0.390 e. The third-order valence-electron chi connectivity index (χ3n) is 3.26. The number of aromatic nitrogens is 2. The van der Waals surface area contributed by atoms with Gasteiger partial charge in [0.1, 0.15) is 6.10 Å². The van der Waals surface area contributed by atoms with Gasteiger partial charge in [-0.05, 0) is 6.42 Å². The lowest BCUT2D eigenvalue weighted by Gasteiger charge is -2.17. The van der Waals surface area contributed by atoms with Crippen LogP contribution in [0.2, 0.25) is 0 Å². The monoisotopic (exact) mass is 355 g/mol. The minimum Gasteiger partial charge on any atom is -0.480 e. The van der Waals surface area contributed by atoms with Crippen molar-refractivity contribution in [2.75, 3.05) is 26.0 Å². The summed E-state index contributed by atoms with van der Waals surface area (Å²) in [5, 5.41) is 7.46. The molecule has 2 heterocycles. The SMILES string of the molecule is COc1ccc(O[C@@H]2CCN(S(=O)(=O)CCC(F)(F)F)C2)nn1. The Morgan fingerprint density at radius 2 is 1.96 bits per heavy atom. The van der Waals surface area contributed by atoms with Crippen LogP contribution in [0, 0.1) is 0 Å². The molecular weight excluding hydrogens is 339 g/mol. The Labute approximate surface area is 131 Å². The van der Waals surface area contributed by atoms with Crippen molar-refractivity contribution >= 4 is 10.0 Å². The van der Waals surface area contributed by atoms with E-state index in [-0.39, 0.29) is 19.0 Å². The van der Waals surface area contributed by atoms with Crippen LogP contribution in [0.4, 0.5) is 13.2 Å². The van der Waals surface area contributed by atoms with E-state index in [2.05, 4.69) is 10.2 Å². The Morgan fingerprint density at radius 1 is 1.30 bits per heavy atom. The van der Waals surface area contributed by atoms with Crippen LogP contribution < -0.4 is 9.47 Å². The largest absolute Gasteiger partial charge is 0.480 e. The Morgan fingerprint density at radius 3 is 2.52 bits per heavy atom. The maximum Gasteiger partial charge on any atom is 0.390 e. The molecule has 23 heavy (non-hydrogen) atoms. The Bertz CT molecular complexity index is 621. The van der Waals surface area contributed by atoms with E-state index < -0.39 is 34.5 Å². The van der Waals surface area contributed by atoms with Crippen molar-refractivity contribution in [3.63, 3.8) is 0 Å². The standard InChI is InChI=1S/C12H16F3N3O4S/c1-21-10-2-3-11(17-16-10)22-9-4-6-18(8-9)23(19,20)7-5-12(13,14)15/h2-3,9H,4-8H2,1H3/t9-/m1/s1. The summed E-state index contributed by atoms with van der Waals surface area (Å²) in [5.41, 5.74) is 0. The molecule has 0 radical (unpaired) electrons. The van der Waals surface area contributed by atoms with Gasteiger partial charge in [0.05, 0.1) is 25.8 Å². The first-order valence-electron chi connectivity index (χ1n) is 6.78. The van der Waals surface area contributed by atoms with E-state index in [4.69, 9.17) is 9.47 Å². The lowest BCUT2D eigenvalue weighted by Crippen LogP contribution is -2.34. The van der Waals surface area contributed by atoms with Gasteiger partial charge in [0.2, 0.25) is 21.8 Å². The minimum absolute atomic E-state index is 0.00605. The maximum absolute atomic E-state index is 12.2. The molecule has 1 fully saturated rings. The predicted molar refractivity (Wildman–Crippen MR) is 73.6 cm³/mol. The van der Waals surface area contributed by atoms with Crippen LogP contribution in [0.3, 0.4) is 0 Å². The number of nitrogens with zero attached hydrogens (tertiary/aromatic N) is 3. The van der Waals surface area contributed by atoms with Gasteiger partial charge in [0, 0.05) is 18.7 Å². The van der Waals surface area contributed by atoms with Crippen LogP contribution in [0.15, 0.2) is 12.1 Å². The van der Waals surface area contributed by atoms with E-state index in [0.29, 0.717) is 12.3 Å². The normalized spacial score (nSPS) is 19.7. The topological polar surface area (TPSA) is 81.6 Å². The van der Waals surface area contributed by atoms with Crippen molar-refractivity contribution in [1.82, 2.24) is 14.5 Å². The van der Waals surface area contributed by atoms with Crippen LogP contribution in [-0.4, -0.2) is 61.2 Å². The van der Waals surface area contributed by atoms with Gasteiger partial charge in [-0.15, -0.1) is 10.2 Å². The van der Waals surface area contributed by atoms with Crippen molar-refractivity contribution < 1.29 is 31.1 Å². The van der Waals surface area contributed by atoms with Gasteiger partial charge in [-0.25, -0.2) is 8.42 Å². The summed E-state index contributed by atoms with van der Waals surface area (Å²) < 4.78 is 71.6. The molecule has 0 amide bonds. The van der Waals surface area contributed by atoms with Crippen molar-refractivity contribution in [2.45, 2.75) is 25.1 Å². The zero-order valence-corrected chi connectivity index (χ0v) is 13.1. The molecule has 0 bridgehead atoms. The fraction of sp³-hybridized carbons (Fsp3) is 0.667. The van der Waals surface area contributed by atoms with Gasteiger partial charge in [-0.1, -0.05) is 0 Å². The second-order valence-corrected chi connectivity index (χ2v) is 7.07. The molecule has 130 valence electrons. The van der Waals surface area contributed by atoms with Crippen LogP contribution >= 0.6 is 0 Å². The third kappa shape index (κ3) is 5.20. The summed E-state index contributed by atoms with van der Waals surface area (Å²) in [6, 6.07) is 3.06. The number of alkyl halides is 3. The average molecular weight is 355 g/mol. The molecule has 0 spiro atoms. The van der Waals surface area contributed by atoms with Crippen molar-refractivity contribution in [2.24, 2.45) is 0 Å². The van der Waals surface area contributed by atoms with Gasteiger partial charge in [-0.3, -0.25) is 0 Å². The van der Waals surface area contributed by atoms with Crippen molar-refractivity contribution in [1.29, 1.82) is 0 Å². The summed E-state index contributed by atoms with van der Waals surface area (Å²) in [6.45, 7) is 0.113. The number of hydrogen-bond acceptors (Lipinski definition) is 6. The van der Waals surface area contributed by atoms with E-state index in [0.717, 1.165) is 4.31 Å². The highest BCUT2D eigenvalue weighted by molar-refractivity contribution is 7.89. The number of sulfonamides is 1. The summed E-state index contributed by atoms with van der Waals surface area (Å²) in [6.07, 6.45) is -5.96. The molecule has 0 unspecified atom stereocenters. The zero-order chi connectivity index (χ0) is 17.1. The molecule has 0 aromatic carbocycles. The highest BCUT2D eigenvalue weighted by Crippen LogP contribution is 2.24. The molecule has 0 aliphatic carbocycles. The molecule has 2 rings (SSSR count). The molecule has 1 atom stereocenters. The minimum atomic E-state index is -4.50. The summed E-state index contributed by atoms with van der Waals surface area (Å²) in [7, 11) is -2.52. The first-order chi connectivity index (χ1) is 10.7.